The van der Waals surface area contributed by atoms with Crippen molar-refractivity contribution < 1.29 is 9.59 Å². The second-order valence-electron chi connectivity index (χ2n) is 8.87. The monoisotopic (exact) mass is 420 g/mol. The first-order chi connectivity index (χ1) is 15.0. The third-order valence-electron chi connectivity index (χ3n) is 6.27. The molecule has 4 nitrogen and oxygen atoms in total. The zero-order valence-corrected chi connectivity index (χ0v) is 19.2. The van der Waals surface area contributed by atoms with E-state index in [1.165, 1.54) is 11.1 Å². The van der Waals surface area contributed by atoms with Crippen LogP contribution in [-0.4, -0.2) is 47.3 Å². The fraction of sp³-hybridized carbons (Fsp3) is 0.481. The molecule has 0 atom stereocenters. The van der Waals surface area contributed by atoms with Crippen LogP contribution in [0.25, 0.3) is 0 Å². The number of hydrogen-bond acceptors (Lipinski definition) is 2. The maximum Gasteiger partial charge on any atom is 0.253 e. The molecule has 0 radical (unpaired) electrons. The average Bonchev–Trinajstić information content (AvgIpc) is 2.81. The van der Waals surface area contributed by atoms with Crippen LogP contribution in [0.3, 0.4) is 0 Å². The van der Waals surface area contributed by atoms with Gasteiger partial charge in [-0.1, -0.05) is 63.2 Å². The Balaban J connectivity index is 1.54. The van der Waals surface area contributed by atoms with Crippen molar-refractivity contribution in [1.29, 1.82) is 0 Å². The molecule has 31 heavy (non-hydrogen) atoms. The molecule has 0 saturated carbocycles. The van der Waals surface area contributed by atoms with Crippen molar-refractivity contribution in [3.8, 4) is 0 Å². The molecular formula is C27H36N2O2. The van der Waals surface area contributed by atoms with Crippen LogP contribution in [0.5, 0.6) is 0 Å². The fourth-order valence-electron chi connectivity index (χ4n) is 4.36. The van der Waals surface area contributed by atoms with Crippen LogP contribution in [-0.2, 0) is 11.2 Å². The molecule has 1 heterocycles. The lowest BCUT2D eigenvalue weighted by Crippen LogP contribution is -2.49. The molecular weight excluding hydrogens is 384 g/mol. The highest BCUT2D eigenvalue weighted by Gasteiger charge is 2.29. The number of piperidine rings is 1. The lowest BCUT2D eigenvalue weighted by atomic mass is 9.99. The van der Waals surface area contributed by atoms with Crippen molar-refractivity contribution in [3.05, 3.63) is 71.3 Å². The van der Waals surface area contributed by atoms with Crippen molar-refractivity contribution in [2.24, 2.45) is 0 Å². The SMILES string of the molecule is CCCN(C(=O)CCc1ccc(C(C)C)cc1)C1CCN(C(=O)c2ccccc2)CC1. The van der Waals surface area contributed by atoms with Crippen LogP contribution in [0.4, 0.5) is 0 Å². The molecule has 166 valence electrons. The number of aryl methyl sites for hydroxylation is 1. The summed E-state index contributed by atoms with van der Waals surface area (Å²) in [5.41, 5.74) is 3.29. The van der Waals surface area contributed by atoms with Crippen molar-refractivity contribution in [3.63, 3.8) is 0 Å². The number of rotatable bonds is 8. The largest absolute Gasteiger partial charge is 0.340 e. The second-order valence-corrected chi connectivity index (χ2v) is 8.87. The Morgan fingerprint density at radius 2 is 1.65 bits per heavy atom. The van der Waals surface area contributed by atoms with Gasteiger partial charge >= 0.3 is 0 Å². The minimum atomic E-state index is 0.0947. The highest BCUT2D eigenvalue weighted by Crippen LogP contribution is 2.21. The minimum absolute atomic E-state index is 0.0947. The number of benzene rings is 2. The van der Waals surface area contributed by atoms with Crippen molar-refractivity contribution in [2.45, 2.75) is 64.8 Å². The van der Waals surface area contributed by atoms with Crippen LogP contribution in [0.1, 0.15) is 73.9 Å². The normalized spacial score (nSPS) is 14.6. The summed E-state index contributed by atoms with van der Waals surface area (Å²) in [5, 5.41) is 0. The summed E-state index contributed by atoms with van der Waals surface area (Å²) in [6.07, 6.45) is 3.99. The highest BCUT2D eigenvalue weighted by atomic mass is 16.2. The molecule has 1 aliphatic heterocycles. The molecule has 4 heteroatoms. The first-order valence-corrected chi connectivity index (χ1v) is 11.7. The van der Waals surface area contributed by atoms with Gasteiger partial charge in [0.1, 0.15) is 0 Å². The van der Waals surface area contributed by atoms with Crippen LogP contribution in [0, 0.1) is 0 Å². The van der Waals surface area contributed by atoms with E-state index in [1.54, 1.807) is 0 Å². The lowest BCUT2D eigenvalue weighted by Gasteiger charge is -2.38. The van der Waals surface area contributed by atoms with Gasteiger partial charge in [-0.2, -0.15) is 0 Å². The van der Waals surface area contributed by atoms with Gasteiger partial charge in [-0.3, -0.25) is 9.59 Å². The molecule has 0 spiro atoms. The number of hydrogen-bond donors (Lipinski definition) is 0. The minimum Gasteiger partial charge on any atom is -0.340 e. The van der Waals surface area contributed by atoms with E-state index in [0.29, 0.717) is 25.4 Å². The molecule has 1 saturated heterocycles. The summed E-state index contributed by atoms with van der Waals surface area (Å²) in [5.74, 6) is 0.857. The highest BCUT2D eigenvalue weighted by molar-refractivity contribution is 5.94. The van der Waals surface area contributed by atoms with E-state index < -0.39 is 0 Å². The van der Waals surface area contributed by atoms with Crippen LogP contribution < -0.4 is 0 Å². The van der Waals surface area contributed by atoms with Gasteiger partial charge < -0.3 is 9.80 Å². The number of amides is 2. The summed E-state index contributed by atoms with van der Waals surface area (Å²) in [6.45, 7) is 8.73. The molecule has 1 aliphatic rings. The van der Waals surface area contributed by atoms with Crippen LogP contribution >= 0.6 is 0 Å². The van der Waals surface area contributed by atoms with Gasteiger partial charge in [-0.15, -0.1) is 0 Å². The number of nitrogens with zero attached hydrogens (tertiary/aromatic N) is 2. The van der Waals surface area contributed by atoms with Gasteiger partial charge in [-0.05, 0) is 54.9 Å². The number of likely N-dealkylation sites (tertiary alicyclic amines) is 1. The molecule has 0 bridgehead atoms. The van der Waals surface area contributed by atoms with Gasteiger partial charge in [0, 0.05) is 37.7 Å². The van der Waals surface area contributed by atoms with Crippen molar-refractivity contribution in [1.82, 2.24) is 9.80 Å². The van der Waals surface area contributed by atoms with Gasteiger partial charge in [0.25, 0.3) is 5.91 Å². The zero-order valence-electron chi connectivity index (χ0n) is 19.2. The maximum absolute atomic E-state index is 13.1. The van der Waals surface area contributed by atoms with E-state index in [4.69, 9.17) is 0 Å². The third kappa shape index (κ3) is 6.19. The van der Waals surface area contributed by atoms with Gasteiger partial charge in [-0.25, -0.2) is 0 Å². The number of carbonyl (C=O) groups is 2. The Morgan fingerprint density at radius 3 is 2.23 bits per heavy atom. The molecule has 1 fully saturated rings. The Bertz CT molecular complexity index is 837. The van der Waals surface area contributed by atoms with Crippen LogP contribution in [0.2, 0.25) is 0 Å². The van der Waals surface area contributed by atoms with E-state index in [-0.39, 0.29) is 17.9 Å². The third-order valence-corrected chi connectivity index (χ3v) is 6.27. The smallest absolute Gasteiger partial charge is 0.253 e. The fourth-order valence-corrected chi connectivity index (χ4v) is 4.36. The molecule has 3 rings (SSSR count). The Morgan fingerprint density at radius 1 is 1.00 bits per heavy atom. The van der Waals surface area contributed by atoms with Gasteiger partial charge in [0.05, 0.1) is 0 Å². The summed E-state index contributed by atoms with van der Waals surface area (Å²) in [6, 6.07) is 18.4. The van der Waals surface area contributed by atoms with Gasteiger partial charge in [0.2, 0.25) is 5.91 Å². The quantitative estimate of drug-likeness (QED) is 0.582. The molecule has 2 aromatic carbocycles. The van der Waals surface area contributed by atoms with E-state index >= 15 is 0 Å². The predicted molar refractivity (Wildman–Crippen MR) is 126 cm³/mol. The van der Waals surface area contributed by atoms with E-state index in [0.717, 1.165) is 37.8 Å². The molecule has 2 aromatic rings. The molecule has 0 aromatic heterocycles. The molecule has 0 aliphatic carbocycles. The number of carbonyl (C=O) groups excluding carboxylic acids is 2. The molecule has 0 unspecified atom stereocenters. The van der Waals surface area contributed by atoms with Gasteiger partial charge in [0.15, 0.2) is 0 Å². The second kappa shape index (κ2) is 11.1. The van der Waals surface area contributed by atoms with E-state index in [9.17, 15) is 9.59 Å². The molecule has 2 amide bonds. The van der Waals surface area contributed by atoms with Crippen molar-refractivity contribution in [2.75, 3.05) is 19.6 Å². The first-order valence-electron chi connectivity index (χ1n) is 11.7. The van der Waals surface area contributed by atoms with Crippen LogP contribution in [0.15, 0.2) is 54.6 Å². The summed E-state index contributed by atoms with van der Waals surface area (Å²) in [4.78, 5) is 29.8. The average molecular weight is 421 g/mol. The predicted octanol–water partition coefficient (Wildman–Crippen LogP) is 5.29. The summed E-state index contributed by atoms with van der Waals surface area (Å²) < 4.78 is 0. The van der Waals surface area contributed by atoms with E-state index in [2.05, 4.69) is 49.9 Å². The van der Waals surface area contributed by atoms with Crippen molar-refractivity contribution >= 4 is 11.8 Å². The summed E-state index contributed by atoms with van der Waals surface area (Å²) >= 11 is 0. The maximum atomic E-state index is 13.1. The standard InChI is InChI=1S/C27H36N2O2/c1-4-18-29(26(30)15-12-22-10-13-23(14-11-22)21(2)3)25-16-19-28(20-17-25)27(31)24-8-6-5-7-9-24/h5-11,13-14,21,25H,4,12,15-20H2,1-3H3. The summed E-state index contributed by atoms with van der Waals surface area (Å²) in [7, 11) is 0. The lowest BCUT2D eigenvalue weighted by molar-refractivity contribution is -0.134. The Hall–Kier alpha value is -2.62. The zero-order chi connectivity index (χ0) is 22.2. The Labute approximate surface area is 187 Å². The molecule has 0 N–H and O–H groups in total. The topological polar surface area (TPSA) is 40.6 Å². The first kappa shape index (κ1) is 23.1. The van der Waals surface area contributed by atoms with E-state index in [1.807, 2.05) is 35.2 Å². The Kier molecular flexibility index (Phi) is 8.27.